The normalized spacial score (nSPS) is 17.6. The zero-order valence-electron chi connectivity index (χ0n) is 19.3. The molecule has 1 aliphatic rings. The fourth-order valence-electron chi connectivity index (χ4n) is 4.08. The average molecular weight is 457 g/mol. The van der Waals surface area contributed by atoms with Crippen molar-refractivity contribution in [1.82, 2.24) is 20.9 Å². The number of para-hydroxylation sites is 1. The molecule has 0 aliphatic carbocycles. The van der Waals surface area contributed by atoms with E-state index in [4.69, 9.17) is 4.74 Å². The lowest BCUT2D eigenvalue weighted by atomic mass is 9.95. The molecule has 3 rings (SSSR count). The van der Waals surface area contributed by atoms with Crippen LogP contribution in [0, 0.1) is 11.8 Å². The highest BCUT2D eigenvalue weighted by Crippen LogP contribution is 2.18. The quantitative estimate of drug-likeness (QED) is 0.408. The number of amides is 3. The van der Waals surface area contributed by atoms with Crippen molar-refractivity contribution in [2.24, 2.45) is 11.8 Å². The Morgan fingerprint density at radius 1 is 1.15 bits per heavy atom. The maximum atomic E-state index is 13.2. The number of carbonyl (C=O) groups excluding carboxylic acids is 4. The fourth-order valence-corrected chi connectivity index (χ4v) is 4.08. The third-order valence-corrected chi connectivity index (χ3v) is 5.78. The fraction of sp³-hybridized carbons (Fsp3) is 0.500. The molecule has 9 heteroatoms. The first-order valence-electron chi connectivity index (χ1n) is 11.3. The molecular weight excluding hydrogens is 424 g/mol. The number of hydrogen-bond donors (Lipinski definition) is 4. The summed E-state index contributed by atoms with van der Waals surface area (Å²) in [5.74, 6) is -1.51. The highest BCUT2D eigenvalue weighted by molar-refractivity contribution is 6.00. The lowest BCUT2D eigenvalue weighted by Gasteiger charge is -2.25. The SMILES string of the molecule is COCC(=O)[C@H](C[C@@H]1CCNC1=O)NC(=O)[C@H](CC(C)C)NC(=O)c1cc2ccccc2[nH]1. The van der Waals surface area contributed by atoms with E-state index in [0.29, 0.717) is 25.1 Å². The average Bonchev–Trinajstić information content (AvgIpc) is 3.38. The van der Waals surface area contributed by atoms with E-state index in [1.54, 1.807) is 6.07 Å². The number of methoxy groups -OCH3 is 1. The molecule has 2 aromatic rings. The van der Waals surface area contributed by atoms with E-state index < -0.39 is 23.9 Å². The largest absolute Gasteiger partial charge is 0.377 e. The van der Waals surface area contributed by atoms with Gasteiger partial charge < -0.3 is 25.7 Å². The van der Waals surface area contributed by atoms with Gasteiger partial charge in [0.25, 0.3) is 5.91 Å². The molecule has 33 heavy (non-hydrogen) atoms. The maximum absolute atomic E-state index is 13.2. The molecule has 0 unspecified atom stereocenters. The van der Waals surface area contributed by atoms with Crippen molar-refractivity contribution in [3.8, 4) is 0 Å². The number of fused-ring (bicyclic) bond motifs is 1. The molecule has 3 amide bonds. The van der Waals surface area contributed by atoms with Crippen molar-refractivity contribution >= 4 is 34.4 Å². The molecule has 3 atom stereocenters. The number of ketones is 1. The second-order valence-corrected chi connectivity index (χ2v) is 8.90. The third-order valence-electron chi connectivity index (χ3n) is 5.78. The second kappa shape index (κ2) is 11.1. The Morgan fingerprint density at radius 2 is 1.91 bits per heavy atom. The number of aromatic nitrogens is 1. The van der Waals surface area contributed by atoms with Crippen LogP contribution in [-0.2, 0) is 19.1 Å². The molecule has 4 N–H and O–H groups in total. The van der Waals surface area contributed by atoms with Crippen LogP contribution in [-0.4, -0.2) is 60.8 Å². The highest BCUT2D eigenvalue weighted by Gasteiger charge is 2.33. The number of carbonyl (C=O) groups is 4. The van der Waals surface area contributed by atoms with Crippen molar-refractivity contribution in [1.29, 1.82) is 0 Å². The van der Waals surface area contributed by atoms with Gasteiger partial charge in [0.05, 0.1) is 6.04 Å². The summed E-state index contributed by atoms with van der Waals surface area (Å²) in [5.41, 5.74) is 1.18. The Morgan fingerprint density at radius 3 is 2.55 bits per heavy atom. The van der Waals surface area contributed by atoms with Crippen LogP contribution in [0.5, 0.6) is 0 Å². The Bertz CT molecular complexity index is 982. The van der Waals surface area contributed by atoms with E-state index >= 15 is 0 Å². The smallest absolute Gasteiger partial charge is 0.268 e. The molecule has 1 aromatic carbocycles. The van der Waals surface area contributed by atoms with Crippen LogP contribution < -0.4 is 16.0 Å². The van der Waals surface area contributed by atoms with Gasteiger partial charge in [-0.2, -0.15) is 0 Å². The minimum Gasteiger partial charge on any atom is -0.377 e. The summed E-state index contributed by atoms with van der Waals surface area (Å²) in [6, 6.07) is 7.55. The van der Waals surface area contributed by atoms with Crippen LogP contribution in [0.15, 0.2) is 30.3 Å². The van der Waals surface area contributed by atoms with Crippen molar-refractivity contribution in [2.45, 2.75) is 45.2 Å². The molecule has 0 saturated carbocycles. The van der Waals surface area contributed by atoms with Gasteiger partial charge >= 0.3 is 0 Å². The first-order valence-corrected chi connectivity index (χ1v) is 11.3. The number of Topliss-reactive ketones (excluding diaryl/α,β-unsaturated/α-hetero) is 1. The first kappa shape index (κ1) is 24.4. The van der Waals surface area contributed by atoms with E-state index in [-0.39, 0.29) is 36.6 Å². The summed E-state index contributed by atoms with van der Waals surface area (Å²) in [5, 5.41) is 9.21. The van der Waals surface area contributed by atoms with E-state index in [9.17, 15) is 19.2 Å². The van der Waals surface area contributed by atoms with Crippen LogP contribution in [0.3, 0.4) is 0 Å². The monoisotopic (exact) mass is 456 g/mol. The van der Waals surface area contributed by atoms with Crippen LogP contribution in [0.1, 0.15) is 43.6 Å². The number of benzene rings is 1. The molecule has 1 aliphatic heterocycles. The van der Waals surface area contributed by atoms with Crippen LogP contribution >= 0.6 is 0 Å². The van der Waals surface area contributed by atoms with E-state index in [2.05, 4.69) is 20.9 Å². The first-order chi connectivity index (χ1) is 15.8. The van der Waals surface area contributed by atoms with Crippen LogP contribution in [0.4, 0.5) is 0 Å². The van der Waals surface area contributed by atoms with Gasteiger partial charge in [-0.3, -0.25) is 19.2 Å². The molecule has 178 valence electrons. The Hall–Kier alpha value is -3.20. The van der Waals surface area contributed by atoms with Gasteiger partial charge in [0, 0.05) is 30.5 Å². The van der Waals surface area contributed by atoms with Crippen LogP contribution in [0.25, 0.3) is 10.9 Å². The van der Waals surface area contributed by atoms with Gasteiger partial charge in [0.2, 0.25) is 11.8 Å². The molecule has 0 radical (unpaired) electrons. The molecule has 1 saturated heterocycles. The van der Waals surface area contributed by atoms with Gasteiger partial charge in [0.1, 0.15) is 18.3 Å². The van der Waals surface area contributed by atoms with Gasteiger partial charge in [-0.1, -0.05) is 32.0 Å². The Labute approximate surface area is 193 Å². The van der Waals surface area contributed by atoms with Crippen molar-refractivity contribution in [3.05, 3.63) is 36.0 Å². The summed E-state index contributed by atoms with van der Waals surface area (Å²) in [6.45, 7) is 4.28. The summed E-state index contributed by atoms with van der Waals surface area (Å²) < 4.78 is 4.96. The van der Waals surface area contributed by atoms with Crippen molar-refractivity contribution in [2.75, 3.05) is 20.3 Å². The maximum Gasteiger partial charge on any atom is 0.268 e. The Kier molecular flexibility index (Phi) is 8.21. The zero-order valence-corrected chi connectivity index (χ0v) is 19.3. The van der Waals surface area contributed by atoms with Crippen LogP contribution in [0.2, 0.25) is 0 Å². The zero-order chi connectivity index (χ0) is 24.0. The second-order valence-electron chi connectivity index (χ2n) is 8.90. The number of nitrogens with one attached hydrogen (secondary N) is 4. The number of hydrogen-bond acceptors (Lipinski definition) is 5. The highest BCUT2D eigenvalue weighted by atomic mass is 16.5. The van der Waals surface area contributed by atoms with Gasteiger partial charge in [-0.15, -0.1) is 0 Å². The summed E-state index contributed by atoms with van der Waals surface area (Å²) in [7, 11) is 1.40. The standard InChI is InChI=1S/C24H32N4O5/c1-14(2)10-19(28-24(32)20-11-15-6-4-5-7-17(15)26-20)23(31)27-18(21(29)13-33-3)12-16-8-9-25-22(16)30/h4-7,11,14,16,18-19,26H,8-10,12-13H2,1-3H3,(H,25,30)(H,27,31)(H,28,32)/t16-,18-,19-/m0/s1. The molecular formula is C24H32N4O5. The molecule has 2 heterocycles. The summed E-state index contributed by atoms with van der Waals surface area (Å²) >= 11 is 0. The predicted octanol–water partition coefficient (Wildman–Crippen LogP) is 1.54. The number of aromatic amines is 1. The predicted molar refractivity (Wildman–Crippen MR) is 124 cm³/mol. The topological polar surface area (TPSA) is 129 Å². The van der Waals surface area contributed by atoms with Gasteiger partial charge in [0.15, 0.2) is 5.78 Å². The lowest BCUT2D eigenvalue weighted by molar-refractivity contribution is -0.132. The molecule has 0 bridgehead atoms. The van der Waals surface area contributed by atoms with E-state index in [1.807, 2.05) is 38.1 Å². The molecule has 1 aromatic heterocycles. The molecule has 0 spiro atoms. The van der Waals surface area contributed by atoms with Crippen molar-refractivity contribution in [3.63, 3.8) is 0 Å². The minimum absolute atomic E-state index is 0.120. The van der Waals surface area contributed by atoms with E-state index in [0.717, 1.165) is 10.9 Å². The Balaban J connectivity index is 1.73. The van der Waals surface area contributed by atoms with Gasteiger partial charge in [-0.05, 0) is 37.3 Å². The number of H-pyrrole nitrogens is 1. The minimum atomic E-state index is -0.869. The summed E-state index contributed by atoms with van der Waals surface area (Å²) in [6.07, 6.45) is 1.20. The summed E-state index contributed by atoms with van der Waals surface area (Å²) in [4.78, 5) is 53.7. The molecule has 9 nitrogen and oxygen atoms in total. The van der Waals surface area contributed by atoms with E-state index in [1.165, 1.54) is 7.11 Å². The third kappa shape index (κ3) is 6.41. The number of rotatable bonds is 11. The van der Waals surface area contributed by atoms with Crippen molar-refractivity contribution < 1.29 is 23.9 Å². The number of ether oxygens (including phenoxy) is 1. The lowest BCUT2D eigenvalue weighted by Crippen LogP contribution is -2.53. The van der Waals surface area contributed by atoms with Gasteiger partial charge in [-0.25, -0.2) is 0 Å². The molecule has 1 fully saturated rings.